The molecule has 1 aliphatic rings. The molecule has 0 radical (unpaired) electrons. The molecular formula is C24H28F3NO. The van der Waals surface area contributed by atoms with Crippen molar-refractivity contribution in [1.82, 2.24) is 0 Å². The molecule has 0 aliphatic heterocycles. The van der Waals surface area contributed by atoms with Gasteiger partial charge in [0.15, 0.2) is 0 Å². The number of hydrogen-bond acceptors (Lipinski definition) is 2. The number of nitrogens with zero attached hydrogens (tertiary/aromatic N) is 1. The van der Waals surface area contributed by atoms with Gasteiger partial charge < -0.3 is 4.90 Å². The first-order valence-electron chi connectivity index (χ1n) is 9.81. The van der Waals surface area contributed by atoms with Gasteiger partial charge in [-0.2, -0.15) is 13.2 Å². The minimum Gasteiger partial charge on any atom is -0.377 e. The molecule has 2 nitrogen and oxygen atoms in total. The van der Waals surface area contributed by atoms with Crippen LogP contribution in [0.4, 0.5) is 18.9 Å². The first kappa shape index (κ1) is 21.4. The Bertz CT molecular complexity index is 955. The standard InChI is InChI=1S/C24H28F3NO/c1-22(2)9-10-23(3,4)20-13-18(24(25,26)27)16(12-19(20)22)17-11-15(14-29)7-8-21(17)28(5)6/h7-8,11-14H,9-10H2,1-6H3. The lowest BCUT2D eigenvalue weighted by molar-refractivity contribution is -0.137. The summed E-state index contributed by atoms with van der Waals surface area (Å²) >= 11 is 0. The Morgan fingerprint density at radius 1 is 0.897 bits per heavy atom. The number of carbonyl (C=O) groups excluding carboxylic acids is 1. The van der Waals surface area contributed by atoms with Crippen LogP contribution in [0, 0.1) is 0 Å². The van der Waals surface area contributed by atoms with Crippen molar-refractivity contribution in [3.05, 3.63) is 52.6 Å². The van der Waals surface area contributed by atoms with E-state index in [9.17, 15) is 18.0 Å². The van der Waals surface area contributed by atoms with E-state index < -0.39 is 11.7 Å². The number of aldehydes is 1. The van der Waals surface area contributed by atoms with Gasteiger partial charge in [-0.05, 0) is 70.7 Å². The lowest BCUT2D eigenvalue weighted by Gasteiger charge is -2.42. The Morgan fingerprint density at radius 2 is 1.45 bits per heavy atom. The SMILES string of the molecule is CN(C)c1ccc(C=O)cc1-c1cc2c(cc1C(F)(F)F)C(C)(C)CCC2(C)C. The predicted octanol–water partition coefficient (Wildman–Crippen LogP) is 6.60. The summed E-state index contributed by atoms with van der Waals surface area (Å²) in [5.74, 6) is 0. The molecule has 1 aliphatic carbocycles. The molecule has 3 rings (SSSR count). The molecule has 0 saturated heterocycles. The maximum atomic E-state index is 14.2. The third-order valence-corrected chi connectivity index (χ3v) is 6.23. The zero-order valence-corrected chi connectivity index (χ0v) is 17.9. The molecule has 29 heavy (non-hydrogen) atoms. The largest absolute Gasteiger partial charge is 0.417 e. The Balaban J connectivity index is 2.43. The molecule has 0 bridgehead atoms. The van der Waals surface area contributed by atoms with Crippen LogP contribution in [-0.4, -0.2) is 20.4 Å². The van der Waals surface area contributed by atoms with Gasteiger partial charge in [-0.1, -0.05) is 27.7 Å². The van der Waals surface area contributed by atoms with Gasteiger partial charge in [-0.25, -0.2) is 0 Å². The van der Waals surface area contributed by atoms with E-state index in [2.05, 4.69) is 13.8 Å². The predicted molar refractivity (Wildman–Crippen MR) is 112 cm³/mol. The minimum absolute atomic E-state index is 0.134. The van der Waals surface area contributed by atoms with E-state index in [4.69, 9.17) is 0 Å². The van der Waals surface area contributed by atoms with Gasteiger partial charge in [-0.15, -0.1) is 0 Å². The molecule has 2 aromatic carbocycles. The number of fused-ring (bicyclic) bond motifs is 1. The van der Waals surface area contributed by atoms with Crippen molar-refractivity contribution in [2.45, 2.75) is 57.5 Å². The second-order valence-electron chi connectivity index (χ2n) is 9.50. The lowest BCUT2D eigenvalue weighted by Crippen LogP contribution is -2.34. The highest BCUT2D eigenvalue weighted by Gasteiger charge is 2.42. The highest BCUT2D eigenvalue weighted by Crippen LogP contribution is 2.50. The zero-order chi connectivity index (χ0) is 21.8. The number of halogens is 3. The van der Waals surface area contributed by atoms with E-state index in [0.29, 0.717) is 23.1 Å². The zero-order valence-electron chi connectivity index (χ0n) is 17.9. The monoisotopic (exact) mass is 403 g/mol. The van der Waals surface area contributed by atoms with Crippen molar-refractivity contribution >= 4 is 12.0 Å². The van der Waals surface area contributed by atoms with Gasteiger partial charge in [0.05, 0.1) is 5.56 Å². The van der Waals surface area contributed by atoms with Crippen molar-refractivity contribution < 1.29 is 18.0 Å². The van der Waals surface area contributed by atoms with Gasteiger partial charge in [0.2, 0.25) is 0 Å². The van der Waals surface area contributed by atoms with Crippen molar-refractivity contribution in [3.63, 3.8) is 0 Å². The van der Waals surface area contributed by atoms with E-state index in [0.717, 1.165) is 24.0 Å². The van der Waals surface area contributed by atoms with Crippen LogP contribution in [-0.2, 0) is 17.0 Å². The summed E-state index contributed by atoms with van der Waals surface area (Å²) in [6, 6.07) is 7.95. The number of carbonyl (C=O) groups is 1. The molecule has 0 spiro atoms. The summed E-state index contributed by atoms with van der Waals surface area (Å²) in [5, 5.41) is 0. The van der Waals surface area contributed by atoms with Crippen molar-refractivity contribution in [1.29, 1.82) is 0 Å². The van der Waals surface area contributed by atoms with E-state index in [1.54, 1.807) is 43.3 Å². The number of benzene rings is 2. The molecule has 0 N–H and O–H groups in total. The average Bonchev–Trinajstić information content (AvgIpc) is 2.63. The third-order valence-electron chi connectivity index (χ3n) is 6.23. The summed E-state index contributed by atoms with van der Waals surface area (Å²) < 4.78 is 42.5. The van der Waals surface area contributed by atoms with Crippen molar-refractivity contribution in [2.75, 3.05) is 19.0 Å². The maximum absolute atomic E-state index is 14.2. The molecular weight excluding hydrogens is 375 g/mol. The van der Waals surface area contributed by atoms with Gasteiger partial charge >= 0.3 is 6.18 Å². The number of anilines is 1. The summed E-state index contributed by atoms with van der Waals surface area (Å²) in [7, 11) is 3.58. The molecule has 0 heterocycles. The minimum atomic E-state index is -4.50. The van der Waals surface area contributed by atoms with Crippen LogP contribution in [0.2, 0.25) is 0 Å². The van der Waals surface area contributed by atoms with Crippen LogP contribution in [0.1, 0.15) is 67.6 Å². The first-order chi connectivity index (χ1) is 13.3. The van der Waals surface area contributed by atoms with Crippen molar-refractivity contribution in [3.8, 4) is 11.1 Å². The van der Waals surface area contributed by atoms with Crippen LogP contribution in [0.3, 0.4) is 0 Å². The molecule has 0 saturated carbocycles. The second kappa shape index (κ2) is 6.89. The Hall–Kier alpha value is -2.30. The maximum Gasteiger partial charge on any atom is 0.417 e. The highest BCUT2D eigenvalue weighted by molar-refractivity contribution is 5.87. The second-order valence-corrected chi connectivity index (χ2v) is 9.50. The van der Waals surface area contributed by atoms with Crippen molar-refractivity contribution in [2.24, 2.45) is 0 Å². The normalized spacial score (nSPS) is 17.6. The Kier molecular flexibility index (Phi) is 5.09. The van der Waals surface area contributed by atoms with E-state index >= 15 is 0 Å². The molecule has 156 valence electrons. The topological polar surface area (TPSA) is 20.3 Å². The highest BCUT2D eigenvalue weighted by atomic mass is 19.4. The number of rotatable bonds is 3. The van der Waals surface area contributed by atoms with Gasteiger partial charge in [0, 0.05) is 30.9 Å². The van der Waals surface area contributed by atoms with E-state index in [1.165, 1.54) is 6.07 Å². The van der Waals surface area contributed by atoms with Crippen LogP contribution >= 0.6 is 0 Å². The molecule has 0 amide bonds. The van der Waals surface area contributed by atoms with Gasteiger partial charge in [0.25, 0.3) is 0 Å². The molecule has 0 fully saturated rings. The summed E-state index contributed by atoms with van der Waals surface area (Å²) in [4.78, 5) is 13.1. The third kappa shape index (κ3) is 3.79. The first-order valence-corrected chi connectivity index (χ1v) is 9.81. The van der Waals surface area contributed by atoms with Gasteiger partial charge in [-0.3, -0.25) is 4.79 Å². The Morgan fingerprint density at radius 3 is 1.93 bits per heavy atom. The fourth-order valence-electron chi connectivity index (χ4n) is 4.30. The smallest absolute Gasteiger partial charge is 0.377 e. The van der Waals surface area contributed by atoms with E-state index in [-0.39, 0.29) is 16.4 Å². The molecule has 0 unspecified atom stereocenters. The summed E-state index contributed by atoms with van der Waals surface area (Å²) in [5.41, 5.74) is 2.10. The number of hydrogen-bond donors (Lipinski definition) is 0. The molecule has 0 aromatic heterocycles. The molecule has 0 atom stereocenters. The quantitative estimate of drug-likeness (QED) is 0.538. The van der Waals surface area contributed by atoms with Crippen LogP contribution in [0.25, 0.3) is 11.1 Å². The lowest BCUT2D eigenvalue weighted by atomic mass is 9.62. The fraction of sp³-hybridized carbons (Fsp3) is 0.458. The van der Waals surface area contributed by atoms with E-state index in [1.807, 2.05) is 13.8 Å². The molecule has 5 heteroatoms. The molecule has 2 aromatic rings. The van der Waals surface area contributed by atoms with Gasteiger partial charge in [0.1, 0.15) is 6.29 Å². The number of alkyl halides is 3. The fourth-order valence-corrected chi connectivity index (χ4v) is 4.30. The average molecular weight is 403 g/mol. The summed E-state index contributed by atoms with van der Waals surface area (Å²) in [6.07, 6.45) is -2.08. The summed E-state index contributed by atoms with van der Waals surface area (Å²) in [6.45, 7) is 8.21. The van der Waals surface area contributed by atoms with Crippen LogP contribution in [0.15, 0.2) is 30.3 Å². The van der Waals surface area contributed by atoms with Crippen LogP contribution in [0.5, 0.6) is 0 Å². The van der Waals surface area contributed by atoms with Crippen LogP contribution < -0.4 is 4.90 Å². The Labute approximate surface area is 170 Å².